The quantitative estimate of drug-likeness (QED) is 0.798. The molecular weight excluding hydrogens is 292 g/mol. The lowest BCUT2D eigenvalue weighted by Crippen LogP contribution is -2.38. The molecule has 2 aromatic heterocycles. The Morgan fingerprint density at radius 1 is 1.26 bits per heavy atom. The Kier molecular flexibility index (Phi) is 3.90. The molecule has 0 radical (unpaired) electrons. The molecule has 3 heterocycles. The number of aromatic nitrogens is 5. The molecule has 4 rings (SSSR count). The molecule has 0 unspecified atom stereocenters. The summed E-state index contributed by atoms with van der Waals surface area (Å²) in [5, 5.41) is 12.9. The van der Waals surface area contributed by atoms with Gasteiger partial charge in [0, 0.05) is 52.0 Å². The van der Waals surface area contributed by atoms with Crippen molar-refractivity contribution < 1.29 is 4.74 Å². The predicted molar refractivity (Wildman–Crippen MR) is 84.6 cm³/mol. The first-order valence-electron chi connectivity index (χ1n) is 8.38. The second kappa shape index (κ2) is 6.05. The second-order valence-corrected chi connectivity index (χ2v) is 6.78. The molecule has 1 fully saturated rings. The molecule has 23 heavy (non-hydrogen) atoms. The molecule has 124 valence electrons. The maximum absolute atomic E-state index is 6.00. The molecule has 7 heteroatoms. The van der Waals surface area contributed by atoms with Gasteiger partial charge < -0.3 is 4.74 Å². The number of nitrogens with zero attached hydrogens (tertiary/aromatic N) is 6. The van der Waals surface area contributed by atoms with Gasteiger partial charge in [0.25, 0.3) is 0 Å². The fraction of sp³-hybridized carbons (Fsp3) is 0.688. The summed E-state index contributed by atoms with van der Waals surface area (Å²) in [7, 11) is 3.93. The van der Waals surface area contributed by atoms with Gasteiger partial charge >= 0.3 is 0 Å². The number of aryl methyl sites for hydroxylation is 2. The van der Waals surface area contributed by atoms with E-state index in [1.807, 2.05) is 29.7 Å². The van der Waals surface area contributed by atoms with Crippen molar-refractivity contribution in [2.45, 2.75) is 31.8 Å². The molecule has 0 aromatic carbocycles. The summed E-state index contributed by atoms with van der Waals surface area (Å²) >= 11 is 0. The Morgan fingerprint density at radius 2 is 2.13 bits per heavy atom. The molecule has 2 aromatic rings. The predicted octanol–water partition coefficient (Wildman–Crippen LogP) is 1.07. The Labute approximate surface area is 136 Å². The fourth-order valence-corrected chi connectivity index (χ4v) is 3.31. The number of rotatable bonds is 6. The highest BCUT2D eigenvalue weighted by Crippen LogP contribution is 2.32. The van der Waals surface area contributed by atoms with Gasteiger partial charge in [0.1, 0.15) is 5.69 Å². The van der Waals surface area contributed by atoms with Crippen molar-refractivity contribution in [2.24, 2.45) is 20.0 Å². The van der Waals surface area contributed by atoms with Gasteiger partial charge in [0.05, 0.1) is 24.5 Å². The monoisotopic (exact) mass is 316 g/mol. The minimum Gasteiger partial charge on any atom is -0.379 e. The average molecular weight is 316 g/mol. The third kappa shape index (κ3) is 3.16. The van der Waals surface area contributed by atoms with Gasteiger partial charge in [-0.3, -0.25) is 14.3 Å². The maximum Gasteiger partial charge on any atom is 0.105 e. The van der Waals surface area contributed by atoms with Gasteiger partial charge in [-0.25, -0.2) is 0 Å². The van der Waals surface area contributed by atoms with Crippen molar-refractivity contribution in [3.8, 4) is 0 Å². The molecule has 2 aliphatic rings. The van der Waals surface area contributed by atoms with Crippen LogP contribution < -0.4 is 0 Å². The summed E-state index contributed by atoms with van der Waals surface area (Å²) in [5.74, 6) is 0.784. The van der Waals surface area contributed by atoms with Crippen LogP contribution >= 0.6 is 0 Å². The molecule has 7 nitrogen and oxygen atoms in total. The number of ether oxygens (including phenoxy) is 1. The summed E-state index contributed by atoms with van der Waals surface area (Å²) in [4.78, 5) is 2.45. The summed E-state index contributed by atoms with van der Waals surface area (Å²) in [6.45, 7) is 3.46. The Balaban J connectivity index is 1.51. The van der Waals surface area contributed by atoms with Gasteiger partial charge in [-0.15, -0.1) is 5.10 Å². The fourth-order valence-electron chi connectivity index (χ4n) is 3.31. The summed E-state index contributed by atoms with van der Waals surface area (Å²) < 4.78 is 9.76. The number of hydrogen-bond acceptors (Lipinski definition) is 5. The number of hydrogen-bond donors (Lipinski definition) is 0. The molecule has 0 spiro atoms. The topological polar surface area (TPSA) is 61.0 Å². The Morgan fingerprint density at radius 3 is 2.87 bits per heavy atom. The highest BCUT2D eigenvalue weighted by molar-refractivity contribution is 5.20. The molecule has 0 amide bonds. The van der Waals surface area contributed by atoms with Crippen molar-refractivity contribution in [3.05, 3.63) is 29.3 Å². The maximum atomic E-state index is 6.00. The van der Waals surface area contributed by atoms with Crippen LogP contribution in [0.5, 0.6) is 0 Å². The first kappa shape index (κ1) is 14.8. The van der Waals surface area contributed by atoms with Crippen LogP contribution in [0.15, 0.2) is 12.4 Å². The number of fused-ring (bicyclic) bond motifs is 1. The third-order valence-corrected chi connectivity index (χ3v) is 4.84. The van der Waals surface area contributed by atoms with E-state index in [-0.39, 0.29) is 6.04 Å². The largest absolute Gasteiger partial charge is 0.379 e. The van der Waals surface area contributed by atoms with E-state index in [4.69, 9.17) is 4.74 Å². The molecule has 1 atom stereocenters. The first-order chi connectivity index (χ1) is 11.2. The van der Waals surface area contributed by atoms with Crippen LogP contribution in [0.25, 0.3) is 0 Å². The zero-order valence-corrected chi connectivity index (χ0v) is 13.9. The molecule has 1 aliphatic heterocycles. The van der Waals surface area contributed by atoms with Gasteiger partial charge in [-0.1, -0.05) is 5.21 Å². The Hall–Kier alpha value is -1.73. The van der Waals surface area contributed by atoms with E-state index in [1.165, 1.54) is 24.1 Å². The van der Waals surface area contributed by atoms with E-state index >= 15 is 0 Å². The van der Waals surface area contributed by atoms with Crippen LogP contribution in [0.3, 0.4) is 0 Å². The lowest BCUT2D eigenvalue weighted by atomic mass is 10.0. The van der Waals surface area contributed by atoms with E-state index < -0.39 is 0 Å². The zero-order valence-electron chi connectivity index (χ0n) is 13.9. The van der Waals surface area contributed by atoms with E-state index in [0.29, 0.717) is 6.61 Å². The van der Waals surface area contributed by atoms with Crippen LogP contribution in [0, 0.1) is 5.92 Å². The standard InChI is InChI=1S/C16H24N6O/c1-20-8-13(7-17-20)9-22-6-5-14-16(18-19-21(14)2)15(22)11-23-10-12-3-4-12/h7-8,12,15H,3-6,9-11H2,1-2H3/t15-/m0/s1. The van der Waals surface area contributed by atoms with Crippen LogP contribution in [0.2, 0.25) is 0 Å². The van der Waals surface area contributed by atoms with E-state index in [1.54, 1.807) is 0 Å². The smallest absolute Gasteiger partial charge is 0.105 e. The minimum absolute atomic E-state index is 0.186. The van der Waals surface area contributed by atoms with Crippen molar-refractivity contribution in [2.75, 3.05) is 19.8 Å². The lowest BCUT2D eigenvalue weighted by Gasteiger charge is -2.34. The van der Waals surface area contributed by atoms with Gasteiger partial charge in [-0.05, 0) is 18.8 Å². The molecule has 0 bridgehead atoms. The zero-order chi connectivity index (χ0) is 15.8. The Bertz CT molecular complexity index is 674. The average Bonchev–Trinajstić information content (AvgIpc) is 3.16. The van der Waals surface area contributed by atoms with E-state index in [0.717, 1.165) is 37.7 Å². The summed E-state index contributed by atoms with van der Waals surface area (Å²) in [6.07, 6.45) is 7.64. The minimum atomic E-state index is 0.186. The first-order valence-corrected chi connectivity index (χ1v) is 8.38. The van der Waals surface area contributed by atoms with Gasteiger partial charge in [0.15, 0.2) is 0 Å². The van der Waals surface area contributed by atoms with Crippen molar-refractivity contribution in [3.63, 3.8) is 0 Å². The molecular formula is C16H24N6O. The molecule has 0 N–H and O–H groups in total. The lowest BCUT2D eigenvalue weighted by molar-refractivity contribution is 0.0425. The van der Waals surface area contributed by atoms with Gasteiger partial charge in [-0.2, -0.15) is 5.10 Å². The third-order valence-electron chi connectivity index (χ3n) is 4.84. The van der Waals surface area contributed by atoms with Crippen molar-refractivity contribution >= 4 is 0 Å². The molecule has 0 saturated heterocycles. The van der Waals surface area contributed by atoms with E-state index in [9.17, 15) is 0 Å². The van der Waals surface area contributed by atoms with Crippen LogP contribution in [0.4, 0.5) is 0 Å². The van der Waals surface area contributed by atoms with Crippen molar-refractivity contribution in [1.29, 1.82) is 0 Å². The molecule has 1 aliphatic carbocycles. The van der Waals surface area contributed by atoms with Gasteiger partial charge in [0.2, 0.25) is 0 Å². The van der Waals surface area contributed by atoms with Crippen LogP contribution in [-0.2, 0) is 31.8 Å². The van der Waals surface area contributed by atoms with E-state index in [2.05, 4.69) is 26.5 Å². The molecule has 1 saturated carbocycles. The summed E-state index contributed by atoms with van der Waals surface area (Å²) in [5.41, 5.74) is 3.55. The highest BCUT2D eigenvalue weighted by Gasteiger charge is 2.32. The normalized spacial score (nSPS) is 21.6. The second-order valence-electron chi connectivity index (χ2n) is 6.78. The SMILES string of the molecule is Cn1cc(CN2CCc3c(nnn3C)[C@@H]2COCC2CC2)cn1. The van der Waals surface area contributed by atoms with Crippen LogP contribution in [-0.4, -0.2) is 49.4 Å². The van der Waals surface area contributed by atoms with Crippen LogP contribution in [0.1, 0.15) is 35.8 Å². The highest BCUT2D eigenvalue weighted by atomic mass is 16.5. The summed E-state index contributed by atoms with van der Waals surface area (Å²) in [6, 6.07) is 0.186. The van der Waals surface area contributed by atoms with Crippen molar-refractivity contribution in [1.82, 2.24) is 29.7 Å².